The van der Waals surface area contributed by atoms with Crippen LogP contribution in [0, 0.1) is 40.5 Å². The lowest BCUT2D eigenvalue weighted by molar-refractivity contribution is -0.394. The molecule has 0 aromatic heterocycles. The number of non-ortho nitro benzene ring substituents is 2. The van der Waals surface area contributed by atoms with E-state index in [1.54, 1.807) is 24.3 Å². The van der Waals surface area contributed by atoms with E-state index in [9.17, 15) is 40.5 Å². The van der Waals surface area contributed by atoms with E-state index in [2.05, 4.69) is 30.3 Å². The number of benzene rings is 4. The summed E-state index contributed by atoms with van der Waals surface area (Å²) in [5.41, 5.74) is 0.773. The topological polar surface area (TPSA) is 228 Å². The number of nitro benzene ring substituents is 4. The quantitative estimate of drug-likeness (QED) is 0.0956. The lowest BCUT2D eigenvalue weighted by Gasteiger charge is -2.37. The minimum atomic E-state index is -0.746. The Balaban J connectivity index is 1.18. The maximum Gasteiger partial charge on any atom is 0.303 e. The van der Waals surface area contributed by atoms with Crippen LogP contribution < -0.4 is 9.80 Å². The molecule has 18 nitrogen and oxygen atoms in total. The van der Waals surface area contributed by atoms with Gasteiger partial charge in [0.1, 0.15) is 0 Å². The van der Waals surface area contributed by atoms with Crippen LogP contribution >= 0.6 is 0 Å². The summed E-state index contributed by atoms with van der Waals surface area (Å²) in [6, 6.07) is 20.7. The Bertz CT molecular complexity index is 1740. The lowest BCUT2D eigenvalue weighted by atomic mass is 10.2. The zero-order valence-corrected chi connectivity index (χ0v) is 23.6. The molecule has 0 bridgehead atoms. The molecule has 0 saturated carbocycles. The van der Waals surface area contributed by atoms with Crippen molar-refractivity contribution < 1.29 is 19.7 Å². The van der Waals surface area contributed by atoms with Crippen LogP contribution in [-0.2, 0) is 0 Å². The average Bonchev–Trinajstić information content (AvgIpc) is 3.06. The minimum Gasteiger partial charge on any atom is -0.368 e. The van der Waals surface area contributed by atoms with Gasteiger partial charge < -0.3 is 9.80 Å². The third-order valence-electron chi connectivity index (χ3n) is 6.99. The van der Waals surface area contributed by atoms with Gasteiger partial charge in [-0.15, -0.1) is 10.2 Å². The van der Waals surface area contributed by atoms with E-state index in [4.69, 9.17) is 0 Å². The molecule has 1 aliphatic rings. The summed E-state index contributed by atoms with van der Waals surface area (Å²) < 4.78 is 0. The number of hydrogen-bond acceptors (Lipinski definition) is 14. The molecule has 1 aliphatic heterocycles. The van der Waals surface area contributed by atoms with Crippen molar-refractivity contribution in [1.82, 2.24) is 0 Å². The van der Waals surface area contributed by atoms with Crippen LogP contribution in [0.5, 0.6) is 0 Å². The summed E-state index contributed by atoms with van der Waals surface area (Å²) in [5, 5.41) is 60.4. The number of nitro groups is 4. The molecule has 0 amide bonds. The summed E-state index contributed by atoms with van der Waals surface area (Å²) in [6.07, 6.45) is 0. The van der Waals surface area contributed by atoms with Gasteiger partial charge in [0.2, 0.25) is 0 Å². The van der Waals surface area contributed by atoms with E-state index < -0.39 is 42.4 Å². The second-order valence-corrected chi connectivity index (χ2v) is 9.78. The highest BCUT2D eigenvalue weighted by Crippen LogP contribution is 2.34. The van der Waals surface area contributed by atoms with Crippen molar-refractivity contribution in [3.8, 4) is 0 Å². The molecule has 1 heterocycles. The predicted molar refractivity (Wildman–Crippen MR) is 165 cm³/mol. The summed E-state index contributed by atoms with van der Waals surface area (Å²) >= 11 is 0. The van der Waals surface area contributed by atoms with Gasteiger partial charge in [0.05, 0.1) is 43.2 Å². The van der Waals surface area contributed by atoms with Crippen LogP contribution in [0.3, 0.4) is 0 Å². The standard InChI is InChI=1S/C28H22N10O8/c39-35(40)23-9-11-25(27(17-23)37(43)44)31-29-19-1-5-21(6-2-19)33-13-15-34(16-14-33)22-7-3-20(4-8-22)30-32-26-12-10-24(36(41)42)18-28(26)38(45)46/h1-12,17-18H,13-16H2. The number of rotatable bonds is 10. The third kappa shape index (κ3) is 7.08. The van der Waals surface area contributed by atoms with Crippen LogP contribution in [0.15, 0.2) is 105 Å². The molecule has 4 aromatic rings. The largest absolute Gasteiger partial charge is 0.368 e. The van der Waals surface area contributed by atoms with Crippen LogP contribution in [-0.4, -0.2) is 45.9 Å². The Morgan fingerprint density at radius 3 is 1.11 bits per heavy atom. The van der Waals surface area contributed by atoms with Gasteiger partial charge in [0.15, 0.2) is 11.4 Å². The molecular weight excluding hydrogens is 604 g/mol. The first kappa shape index (κ1) is 30.7. The van der Waals surface area contributed by atoms with Crippen molar-refractivity contribution >= 4 is 56.9 Å². The molecule has 5 rings (SSSR count). The Kier molecular flexibility index (Phi) is 8.88. The molecule has 1 saturated heterocycles. The molecule has 4 aromatic carbocycles. The van der Waals surface area contributed by atoms with Gasteiger partial charge in [-0.05, 0) is 60.7 Å². The normalized spacial score (nSPS) is 13.3. The number of nitrogens with zero attached hydrogens (tertiary/aromatic N) is 10. The van der Waals surface area contributed by atoms with E-state index >= 15 is 0 Å². The van der Waals surface area contributed by atoms with Crippen LogP contribution in [0.2, 0.25) is 0 Å². The van der Waals surface area contributed by atoms with Gasteiger partial charge in [-0.1, -0.05) is 0 Å². The van der Waals surface area contributed by atoms with Crippen molar-refractivity contribution in [3.05, 3.63) is 125 Å². The van der Waals surface area contributed by atoms with Crippen LogP contribution in [0.1, 0.15) is 0 Å². The monoisotopic (exact) mass is 626 g/mol. The third-order valence-corrected chi connectivity index (χ3v) is 6.99. The van der Waals surface area contributed by atoms with Crippen LogP contribution in [0.4, 0.5) is 56.9 Å². The molecule has 0 radical (unpaired) electrons. The van der Waals surface area contributed by atoms with Crippen LogP contribution in [0.25, 0.3) is 0 Å². The second kappa shape index (κ2) is 13.3. The van der Waals surface area contributed by atoms with E-state index in [-0.39, 0.29) is 11.4 Å². The molecule has 0 N–H and O–H groups in total. The SMILES string of the molecule is O=[N+]([O-])c1ccc(N=Nc2ccc(N3CCN(c4ccc(N=Nc5ccc([N+](=O)[O-])cc5[N+](=O)[O-])cc4)CC3)cc2)c([N+](=O)[O-])c1. The Morgan fingerprint density at radius 2 is 0.804 bits per heavy atom. The molecule has 0 unspecified atom stereocenters. The molecule has 232 valence electrons. The highest BCUT2D eigenvalue weighted by Gasteiger charge is 2.21. The van der Waals surface area contributed by atoms with E-state index in [1.165, 1.54) is 12.1 Å². The summed E-state index contributed by atoms with van der Waals surface area (Å²) in [5.74, 6) is 0. The molecule has 0 spiro atoms. The van der Waals surface area contributed by atoms with Gasteiger partial charge in [0.25, 0.3) is 11.4 Å². The highest BCUT2D eigenvalue weighted by molar-refractivity contribution is 5.63. The van der Waals surface area contributed by atoms with Crippen molar-refractivity contribution in [1.29, 1.82) is 0 Å². The van der Waals surface area contributed by atoms with E-state index in [1.807, 2.05) is 24.3 Å². The maximum absolute atomic E-state index is 11.3. The summed E-state index contributed by atoms with van der Waals surface area (Å²) in [4.78, 5) is 45.9. The first-order valence-electron chi connectivity index (χ1n) is 13.5. The highest BCUT2D eigenvalue weighted by atomic mass is 16.6. The smallest absolute Gasteiger partial charge is 0.303 e. The first-order chi connectivity index (χ1) is 22.1. The van der Waals surface area contributed by atoms with Crippen molar-refractivity contribution in [3.63, 3.8) is 0 Å². The maximum atomic E-state index is 11.3. The Morgan fingerprint density at radius 1 is 0.457 bits per heavy atom. The molecule has 0 aliphatic carbocycles. The average molecular weight is 627 g/mol. The van der Waals surface area contributed by atoms with Crippen molar-refractivity contribution in [2.75, 3.05) is 36.0 Å². The van der Waals surface area contributed by atoms with Crippen molar-refractivity contribution in [2.45, 2.75) is 0 Å². The lowest BCUT2D eigenvalue weighted by Crippen LogP contribution is -2.46. The summed E-state index contributed by atoms with van der Waals surface area (Å²) in [7, 11) is 0. The zero-order chi connectivity index (χ0) is 32.8. The Labute approximate surface area is 258 Å². The molecule has 1 fully saturated rings. The van der Waals surface area contributed by atoms with Crippen molar-refractivity contribution in [2.24, 2.45) is 20.5 Å². The van der Waals surface area contributed by atoms with E-state index in [0.717, 1.165) is 61.8 Å². The number of anilines is 2. The minimum absolute atomic E-state index is 0.0969. The fourth-order valence-electron chi connectivity index (χ4n) is 4.62. The Hall–Kier alpha value is -6.72. The molecule has 18 heteroatoms. The molecule has 0 atom stereocenters. The first-order valence-corrected chi connectivity index (χ1v) is 13.5. The van der Waals surface area contributed by atoms with Gasteiger partial charge in [-0.25, -0.2) is 0 Å². The van der Waals surface area contributed by atoms with E-state index in [0.29, 0.717) is 11.4 Å². The number of azo groups is 2. The second-order valence-electron chi connectivity index (χ2n) is 9.78. The fourth-order valence-corrected chi connectivity index (χ4v) is 4.62. The van der Waals surface area contributed by atoms with Gasteiger partial charge >= 0.3 is 11.4 Å². The number of piperazine rings is 1. The van der Waals surface area contributed by atoms with Gasteiger partial charge in [-0.2, -0.15) is 10.2 Å². The predicted octanol–water partition coefficient (Wildman–Crippen LogP) is 7.48. The zero-order valence-electron chi connectivity index (χ0n) is 23.6. The van der Waals surface area contributed by atoms with Gasteiger partial charge in [-0.3, -0.25) is 40.5 Å². The molecular formula is C28H22N10O8. The molecule has 46 heavy (non-hydrogen) atoms. The number of hydrogen-bond donors (Lipinski definition) is 0. The van der Waals surface area contributed by atoms with Gasteiger partial charge in [0, 0.05) is 49.7 Å². The fraction of sp³-hybridized carbons (Fsp3) is 0.143. The summed E-state index contributed by atoms with van der Waals surface area (Å²) in [6.45, 7) is 2.89.